The number of hydrogen-bond donors (Lipinski definition) is 1. The average Bonchev–Trinajstić information content (AvgIpc) is 2.82. The molecule has 1 saturated heterocycles. The smallest absolute Gasteiger partial charge is 0.264 e. The van der Waals surface area contributed by atoms with Crippen molar-refractivity contribution in [3.8, 4) is 5.75 Å². The third-order valence-electron chi connectivity index (χ3n) is 5.60. The Morgan fingerprint density at radius 2 is 1.68 bits per heavy atom. The highest BCUT2D eigenvalue weighted by molar-refractivity contribution is 7.92. The summed E-state index contributed by atoms with van der Waals surface area (Å²) in [5, 5.41) is 2.94. The zero-order valence-corrected chi connectivity index (χ0v) is 19.0. The lowest BCUT2D eigenvalue weighted by Gasteiger charge is -2.26. The number of nitrogens with zero attached hydrogens (tertiary/aromatic N) is 2. The van der Waals surface area contributed by atoms with Gasteiger partial charge >= 0.3 is 0 Å². The minimum Gasteiger partial charge on any atom is -0.497 e. The summed E-state index contributed by atoms with van der Waals surface area (Å²) in [5.41, 5.74) is 0.995. The second-order valence-corrected chi connectivity index (χ2v) is 9.68. The molecule has 7 nitrogen and oxygen atoms in total. The van der Waals surface area contributed by atoms with Crippen LogP contribution in [0.1, 0.15) is 36.0 Å². The van der Waals surface area contributed by atoms with E-state index in [0.29, 0.717) is 23.5 Å². The van der Waals surface area contributed by atoms with Crippen molar-refractivity contribution in [1.29, 1.82) is 0 Å². The van der Waals surface area contributed by atoms with Crippen LogP contribution in [0.3, 0.4) is 0 Å². The maximum atomic E-state index is 12.9. The molecule has 1 aliphatic rings. The Morgan fingerprint density at radius 3 is 2.29 bits per heavy atom. The minimum atomic E-state index is -3.71. The van der Waals surface area contributed by atoms with E-state index in [1.165, 1.54) is 49.9 Å². The van der Waals surface area contributed by atoms with Crippen LogP contribution in [-0.4, -0.2) is 59.6 Å². The molecule has 1 N–H and O–H groups in total. The topological polar surface area (TPSA) is 79.0 Å². The fourth-order valence-electron chi connectivity index (χ4n) is 3.66. The molecular weight excluding hydrogens is 414 g/mol. The molecule has 1 amide bonds. The highest BCUT2D eigenvalue weighted by atomic mass is 32.2. The summed E-state index contributed by atoms with van der Waals surface area (Å²) in [6, 6.07) is 12.8. The van der Waals surface area contributed by atoms with E-state index in [-0.39, 0.29) is 10.8 Å². The molecule has 1 fully saturated rings. The van der Waals surface area contributed by atoms with Gasteiger partial charge in [-0.05, 0) is 87.4 Å². The highest BCUT2D eigenvalue weighted by Gasteiger charge is 2.21. The molecule has 8 heteroatoms. The fraction of sp³-hybridized carbons (Fsp3) is 0.435. The van der Waals surface area contributed by atoms with Crippen molar-refractivity contribution >= 4 is 21.6 Å². The van der Waals surface area contributed by atoms with Crippen LogP contribution >= 0.6 is 0 Å². The van der Waals surface area contributed by atoms with Gasteiger partial charge in [-0.15, -0.1) is 0 Å². The number of carbonyl (C=O) groups is 1. The Labute approximate surface area is 185 Å². The number of ether oxygens (including phenoxy) is 1. The van der Waals surface area contributed by atoms with Gasteiger partial charge in [-0.1, -0.05) is 6.42 Å². The van der Waals surface area contributed by atoms with E-state index in [9.17, 15) is 13.2 Å². The second kappa shape index (κ2) is 10.6. The summed E-state index contributed by atoms with van der Waals surface area (Å²) >= 11 is 0. The van der Waals surface area contributed by atoms with Crippen molar-refractivity contribution in [3.05, 3.63) is 54.1 Å². The number of hydrogen-bond acceptors (Lipinski definition) is 5. The lowest BCUT2D eigenvalue weighted by atomic mass is 10.1. The number of sulfonamides is 1. The second-order valence-electron chi connectivity index (χ2n) is 7.71. The Balaban J connectivity index is 1.54. The first-order valence-electron chi connectivity index (χ1n) is 10.7. The number of carbonyl (C=O) groups excluding carboxylic acids is 1. The largest absolute Gasteiger partial charge is 0.497 e. The van der Waals surface area contributed by atoms with Gasteiger partial charge in [-0.25, -0.2) is 8.42 Å². The molecule has 0 aliphatic carbocycles. The lowest BCUT2D eigenvalue weighted by molar-refractivity contribution is 0.0951. The molecular formula is C23H31N3O4S. The van der Waals surface area contributed by atoms with Gasteiger partial charge in [-0.3, -0.25) is 9.10 Å². The molecule has 0 saturated carbocycles. The van der Waals surface area contributed by atoms with Crippen LogP contribution in [0.2, 0.25) is 0 Å². The third-order valence-corrected chi connectivity index (χ3v) is 7.40. The summed E-state index contributed by atoms with van der Waals surface area (Å²) in [7, 11) is -0.681. The van der Waals surface area contributed by atoms with Crippen LogP contribution in [0, 0.1) is 0 Å². The van der Waals surface area contributed by atoms with Crippen molar-refractivity contribution in [2.24, 2.45) is 0 Å². The number of anilines is 1. The van der Waals surface area contributed by atoms with E-state index in [2.05, 4.69) is 10.2 Å². The first kappa shape index (κ1) is 23.1. The summed E-state index contributed by atoms with van der Waals surface area (Å²) < 4.78 is 32.0. The number of piperidine rings is 1. The first-order chi connectivity index (χ1) is 14.9. The van der Waals surface area contributed by atoms with Crippen molar-refractivity contribution < 1.29 is 17.9 Å². The zero-order chi connectivity index (χ0) is 22.3. The highest BCUT2D eigenvalue weighted by Crippen LogP contribution is 2.24. The van der Waals surface area contributed by atoms with Gasteiger partial charge < -0.3 is 15.0 Å². The normalized spacial score (nSPS) is 14.8. The minimum absolute atomic E-state index is 0.147. The SMILES string of the molecule is COc1ccc(S(=O)(=O)N(C)c2ccc(C(=O)NCCCN3CCCCC3)cc2)cc1. The zero-order valence-electron chi connectivity index (χ0n) is 18.2. The van der Waals surface area contributed by atoms with E-state index in [1.807, 2.05) is 0 Å². The Morgan fingerprint density at radius 1 is 1.03 bits per heavy atom. The van der Waals surface area contributed by atoms with E-state index in [1.54, 1.807) is 36.4 Å². The van der Waals surface area contributed by atoms with E-state index >= 15 is 0 Å². The molecule has 1 aliphatic heterocycles. The van der Waals surface area contributed by atoms with Gasteiger partial charge in [0.05, 0.1) is 17.7 Å². The Hall–Kier alpha value is -2.58. The lowest BCUT2D eigenvalue weighted by Crippen LogP contribution is -2.33. The van der Waals surface area contributed by atoms with Crippen molar-refractivity contribution in [1.82, 2.24) is 10.2 Å². The van der Waals surface area contributed by atoms with Gasteiger partial charge in [0.25, 0.3) is 15.9 Å². The molecule has 3 rings (SSSR count). The number of methoxy groups -OCH3 is 1. The third kappa shape index (κ3) is 5.98. The molecule has 2 aromatic rings. The average molecular weight is 446 g/mol. The van der Waals surface area contributed by atoms with Gasteiger partial charge in [0.2, 0.25) is 0 Å². The summed E-state index contributed by atoms with van der Waals surface area (Å²) in [5.74, 6) is 0.443. The molecule has 31 heavy (non-hydrogen) atoms. The molecule has 0 unspecified atom stereocenters. The molecule has 168 valence electrons. The van der Waals surface area contributed by atoms with Crippen LogP contribution in [0.25, 0.3) is 0 Å². The Kier molecular flexibility index (Phi) is 7.92. The first-order valence-corrected chi connectivity index (χ1v) is 12.1. The number of rotatable bonds is 9. The fourth-order valence-corrected chi connectivity index (χ4v) is 4.85. The summed E-state index contributed by atoms with van der Waals surface area (Å²) in [6.45, 7) is 3.95. The van der Waals surface area contributed by atoms with Crippen molar-refractivity contribution in [3.63, 3.8) is 0 Å². The van der Waals surface area contributed by atoms with Crippen LogP contribution in [0.15, 0.2) is 53.4 Å². The predicted molar refractivity (Wildman–Crippen MR) is 122 cm³/mol. The molecule has 0 aromatic heterocycles. The molecule has 2 aromatic carbocycles. The van der Waals surface area contributed by atoms with Crippen LogP contribution in [0.4, 0.5) is 5.69 Å². The summed E-state index contributed by atoms with van der Waals surface area (Å²) in [6.07, 6.45) is 4.77. The van der Waals surface area contributed by atoms with Gasteiger partial charge in [0.1, 0.15) is 5.75 Å². The quantitative estimate of drug-likeness (QED) is 0.600. The van der Waals surface area contributed by atoms with Crippen LogP contribution in [-0.2, 0) is 10.0 Å². The molecule has 1 heterocycles. The van der Waals surface area contributed by atoms with Gasteiger partial charge in [0, 0.05) is 19.2 Å². The van der Waals surface area contributed by atoms with Crippen LogP contribution < -0.4 is 14.4 Å². The predicted octanol–water partition coefficient (Wildman–Crippen LogP) is 3.13. The molecule has 0 spiro atoms. The number of likely N-dealkylation sites (tertiary alicyclic amines) is 1. The van der Waals surface area contributed by atoms with Crippen LogP contribution in [0.5, 0.6) is 5.75 Å². The number of benzene rings is 2. The monoisotopic (exact) mass is 445 g/mol. The maximum Gasteiger partial charge on any atom is 0.264 e. The van der Waals surface area contributed by atoms with Crippen molar-refractivity contribution in [2.45, 2.75) is 30.6 Å². The number of amides is 1. The standard InChI is InChI=1S/C23H31N3O4S/c1-25(31(28,29)22-13-11-21(30-2)12-14-22)20-9-7-19(8-10-20)23(27)24-15-6-18-26-16-4-3-5-17-26/h7-14H,3-6,15-18H2,1-2H3,(H,24,27). The molecule has 0 bridgehead atoms. The van der Waals surface area contributed by atoms with Crippen molar-refractivity contribution in [2.75, 3.05) is 44.6 Å². The molecule has 0 radical (unpaired) electrons. The molecule has 0 atom stereocenters. The van der Waals surface area contributed by atoms with Gasteiger partial charge in [0.15, 0.2) is 0 Å². The van der Waals surface area contributed by atoms with Gasteiger partial charge in [-0.2, -0.15) is 0 Å². The van der Waals surface area contributed by atoms with E-state index < -0.39 is 10.0 Å². The maximum absolute atomic E-state index is 12.9. The number of nitrogens with one attached hydrogen (secondary N) is 1. The van der Waals surface area contributed by atoms with E-state index in [0.717, 1.165) is 26.1 Å². The Bertz CT molecular complexity index is 953. The van der Waals surface area contributed by atoms with E-state index in [4.69, 9.17) is 4.74 Å². The summed E-state index contributed by atoms with van der Waals surface area (Å²) in [4.78, 5) is 15.0.